The molecule has 15 heavy (non-hydrogen) atoms. The number of nitrogens with one attached hydrogen (secondary N) is 1. The van der Waals surface area contributed by atoms with Crippen LogP contribution >= 0.6 is 22.9 Å². The molecule has 0 aliphatic heterocycles. The summed E-state index contributed by atoms with van der Waals surface area (Å²) in [5.74, 6) is 0. The Labute approximate surface area is 101 Å². The fourth-order valence-corrected chi connectivity index (χ4v) is 2.28. The first kappa shape index (κ1) is 13.0. The number of ether oxygens (including phenoxy) is 1. The lowest BCUT2D eigenvalue weighted by Gasteiger charge is -2.04. The van der Waals surface area contributed by atoms with Gasteiger partial charge in [-0.1, -0.05) is 18.5 Å². The number of hydrogen-bond donors (Lipinski definition) is 1. The Morgan fingerprint density at radius 2 is 2.20 bits per heavy atom. The highest BCUT2D eigenvalue weighted by Crippen LogP contribution is 2.21. The smallest absolute Gasteiger partial charge is 0.0931 e. The summed E-state index contributed by atoms with van der Waals surface area (Å²) in [5, 5.41) is 3.29. The standard InChI is InChI=1S/C11H18ClNOS/c1-2-6-13-7-9-14-8-5-10-3-4-11(12)15-10/h3-4,13H,2,5-9H2,1H3. The maximum atomic E-state index is 5.83. The highest BCUT2D eigenvalue weighted by molar-refractivity contribution is 7.16. The monoisotopic (exact) mass is 247 g/mol. The van der Waals surface area contributed by atoms with Crippen molar-refractivity contribution in [3.8, 4) is 0 Å². The predicted octanol–water partition coefficient (Wildman–Crippen LogP) is 2.96. The minimum atomic E-state index is 0.782. The van der Waals surface area contributed by atoms with E-state index in [4.69, 9.17) is 16.3 Å². The van der Waals surface area contributed by atoms with Crippen LogP contribution in [0.1, 0.15) is 18.2 Å². The Bertz CT molecular complexity index is 265. The third-order valence-electron chi connectivity index (χ3n) is 1.97. The van der Waals surface area contributed by atoms with Gasteiger partial charge in [0.15, 0.2) is 0 Å². The van der Waals surface area contributed by atoms with Gasteiger partial charge in [0.05, 0.1) is 17.6 Å². The molecule has 0 radical (unpaired) electrons. The normalized spacial score (nSPS) is 10.8. The van der Waals surface area contributed by atoms with Crippen LogP contribution in [0.25, 0.3) is 0 Å². The van der Waals surface area contributed by atoms with Crippen molar-refractivity contribution in [2.75, 3.05) is 26.3 Å². The average Bonchev–Trinajstić information content (AvgIpc) is 2.63. The molecule has 0 aromatic carbocycles. The molecule has 1 N–H and O–H groups in total. The van der Waals surface area contributed by atoms with Crippen LogP contribution in [0.2, 0.25) is 4.34 Å². The molecule has 0 saturated heterocycles. The predicted molar refractivity (Wildman–Crippen MR) is 67.0 cm³/mol. The van der Waals surface area contributed by atoms with Gasteiger partial charge in [-0.15, -0.1) is 11.3 Å². The second-order valence-corrected chi connectivity index (χ2v) is 5.12. The summed E-state index contributed by atoms with van der Waals surface area (Å²) < 4.78 is 6.35. The van der Waals surface area contributed by atoms with Gasteiger partial charge in [-0.05, 0) is 25.1 Å². The van der Waals surface area contributed by atoms with Gasteiger partial charge in [0.1, 0.15) is 0 Å². The van der Waals surface area contributed by atoms with E-state index in [0.29, 0.717) is 0 Å². The van der Waals surface area contributed by atoms with Crippen LogP contribution in [0, 0.1) is 0 Å². The van der Waals surface area contributed by atoms with Crippen LogP contribution < -0.4 is 5.32 Å². The second kappa shape index (κ2) is 8.11. The Kier molecular flexibility index (Phi) is 7.01. The van der Waals surface area contributed by atoms with E-state index in [1.54, 1.807) is 11.3 Å². The van der Waals surface area contributed by atoms with Crippen LogP contribution in [0.5, 0.6) is 0 Å². The summed E-state index contributed by atoms with van der Waals surface area (Å²) in [6.07, 6.45) is 2.14. The van der Waals surface area contributed by atoms with Crippen molar-refractivity contribution in [1.82, 2.24) is 5.32 Å². The van der Waals surface area contributed by atoms with Crippen LogP contribution in [0.15, 0.2) is 12.1 Å². The zero-order valence-electron chi connectivity index (χ0n) is 9.09. The molecule has 0 spiro atoms. The molecule has 0 unspecified atom stereocenters. The summed E-state index contributed by atoms with van der Waals surface area (Å²) in [6, 6.07) is 4.00. The molecule has 1 rings (SSSR count). The minimum Gasteiger partial charge on any atom is -0.380 e. The number of thiophene rings is 1. The van der Waals surface area contributed by atoms with Gasteiger partial charge < -0.3 is 10.1 Å². The lowest BCUT2D eigenvalue weighted by atomic mass is 10.4. The first-order valence-corrected chi connectivity index (χ1v) is 6.55. The quantitative estimate of drug-likeness (QED) is 0.714. The summed E-state index contributed by atoms with van der Waals surface area (Å²) in [7, 11) is 0. The van der Waals surface area contributed by atoms with Crippen molar-refractivity contribution < 1.29 is 4.74 Å². The van der Waals surface area contributed by atoms with Gasteiger partial charge in [-0.2, -0.15) is 0 Å². The fourth-order valence-electron chi connectivity index (χ4n) is 1.21. The highest BCUT2D eigenvalue weighted by Gasteiger charge is 1.97. The zero-order valence-corrected chi connectivity index (χ0v) is 10.7. The van der Waals surface area contributed by atoms with Crippen LogP contribution in [-0.4, -0.2) is 26.3 Å². The van der Waals surface area contributed by atoms with Gasteiger partial charge in [0, 0.05) is 17.8 Å². The molecule has 0 amide bonds. The van der Waals surface area contributed by atoms with E-state index in [0.717, 1.165) is 37.1 Å². The zero-order chi connectivity index (χ0) is 10.9. The first-order chi connectivity index (χ1) is 7.33. The minimum absolute atomic E-state index is 0.782. The summed E-state index contributed by atoms with van der Waals surface area (Å²) in [4.78, 5) is 1.29. The largest absolute Gasteiger partial charge is 0.380 e. The molecular formula is C11H18ClNOS. The van der Waals surface area contributed by atoms with Gasteiger partial charge in [-0.3, -0.25) is 0 Å². The van der Waals surface area contributed by atoms with Gasteiger partial charge in [-0.25, -0.2) is 0 Å². The first-order valence-electron chi connectivity index (χ1n) is 5.35. The lowest BCUT2D eigenvalue weighted by molar-refractivity contribution is 0.139. The highest BCUT2D eigenvalue weighted by atomic mass is 35.5. The molecule has 1 heterocycles. The Balaban J connectivity index is 1.93. The second-order valence-electron chi connectivity index (χ2n) is 3.32. The molecular weight excluding hydrogens is 230 g/mol. The Morgan fingerprint density at radius 3 is 2.87 bits per heavy atom. The van der Waals surface area contributed by atoms with Crippen molar-refractivity contribution in [2.24, 2.45) is 0 Å². The van der Waals surface area contributed by atoms with Crippen molar-refractivity contribution in [3.05, 3.63) is 21.3 Å². The van der Waals surface area contributed by atoms with E-state index in [2.05, 4.69) is 18.3 Å². The maximum absolute atomic E-state index is 5.83. The number of hydrogen-bond acceptors (Lipinski definition) is 3. The van der Waals surface area contributed by atoms with E-state index < -0.39 is 0 Å². The molecule has 1 aromatic heterocycles. The number of rotatable bonds is 8. The van der Waals surface area contributed by atoms with Crippen molar-refractivity contribution in [3.63, 3.8) is 0 Å². The van der Waals surface area contributed by atoms with E-state index in [9.17, 15) is 0 Å². The molecule has 0 aliphatic rings. The molecule has 1 aromatic rings. The van der Waals surface area contributed by atoms with E-state index in [-0.39, 0.29) is 0 Å². The molecule has 0 bridgehead atoms. The molecule has 0 atom stereocenters. The van der Waals surface area contributed by atoms with Crippen LogP contribution in [0.4, 0.5) is 0 Å². The van der Waals surface area contributed by atoms with Gasteiger partial charge >= 0.3 is 0 Å². The van der Waals surface area contributed by atoms with Crippen molar-refractivity contribution in [1.29, 1.82) is 0 Å². The number of halogens is 1. The molecule has 2 nitrogen and oxygen atoms in total. The fraction of sp³-hybridized carbons (Fsp3) is 0.636. The Morgan fingerprint density at radius 1 is 1.33 bits per heavy atom. The third-order valence-corrected chi connectivity index (χ3v) is 3.26. The molecule has 0 fully saturated rings. The molecule has 0 saturated carbocycles. The van der Waals surface area contributed by atoms with E-state index >= 15 is 0 Å². The maximum Gasteiger partial charge on any atom is 0.0931 e. The Hall–Kier alpha value is -0.0900. The van der Waals surface area contributed by atoms with Crippen molar-refractivity contribution >= 4 is 22.9 Å². The lowest BCUT2D eigenvalue weighted by Crippen LogP contribution is -2.20. The SMILES string of the molecule is CCCNCCOCCc1ccc(Cl)s1. The van der Waals surface area contributed by atoms with Gasteiger partial charge in [0.25, 0.3) is 0 Å². The van der Waals surface area contributed by atoms with Gasteiger partial charge in [0.2, 0.25) is 0 Å². The summed E-state index contributed by atoms with van der Waals surface area (Å²) >= 11 is 7.45. The van der Waals surface area contributed by atoms with E-state index in [1.165, 1.54) is 11.3 Å². The summed E-state index contributed by atoms with van der Waals surface area (Å²) in [5.41, 5.74) is 0. The molecule has 0 aliphatic carbocycles. The molecule has 4 heteroatoms. The van der Waals surface area contributed by atoms with Crippen LogP contribution in [0.3, 0.4) is 0 Å². The van der Waals surface area contributed by atoms with Crippen LogP contribution in [-0.2, 0) is 11.2 Å². The van der Waals surface area contributed by atoms with Crippen molar-refractivity contribution in [2.45, 2.75) is 19.8 Å². The average molecular weight is 248 g/mol. The third kappa shape index (κ3) is 6.15. The molecule has 86 valence electrons. The topological polar surface area (TPSA) is 21.3 Å². The van der Waals surface area contributed by atoms with E-state index in [1.807, 2.05) is 6.07 Å². The summed E-state index contributed by atoms with van der Waals surface area (Å²) in [6.45, 7) is 5.75.